The molecule has 2 rings (SSSR count). The Morgan fingerprint density at radius 1 is 1.17 bits per heavy atom. The first-order valence-electron chi connectivity index (χ1n) is 5.40. The fourth-order valence-electron chi connectivity index (χ4n) is 1.54. The van der Waals surface area contributed by atoms with Gasteiger partial charge in [0.2, 0.25) is 5.69 Å². The summed E-state index contributed by atoms with van der Waals surface area (Å²) < 4.78 is 5.78. The van der Waals surface area contributed by atoms with Gasteiger partial charge in [0.1, 0.15) is 10.8 Å². The third-order valence-electron chi connectivity index (χ3n) is 2.46. The molecule has 0 fully saturated rings. The zero-order chi connectivity index (χ0) is 13.0. The van der Waals surface area contributed by atoms with E-state index in [1.54, 1.807) is 25.3 Å². The Morgan fingerprint density at radius 3 is 2.50 bits per heavy atom. The van der Waals surface area contributed by atoms with Crippen LogP contribution in [0.15, 0.2) is 48.5 Å². The van der Waals surface area contributed by atoms with Gasteiger partial charge >= 0.3 is 0 Å². The topological polar surface area (TPSA) is 35.3 Å². The summed E-state index contributed by atoms with van der Waals surface area (Å²) in [7, 11) is 1.55. The van der Waals surface area contributed by atoms with Crippen LogP contribution in [0.3, 0.4) is 0 Å². The van der Waals surface area contributed by atoms with Gasteiger partial charge < -0.3 is 9.94 Å². The van der Waals surface area contributed by atoms with Gasteiger partial charge in [0, 0.05) is 17.7 Å². The molecule has 0 aromatic heterocycles. The zero-order valence-electron chi connectivity index (χ0n) is 9.84. The Balaban J connectivity index is 2.34. The number of ether oxygens (including phenoxy) is 1. The largest absolute Gasteiger partial charge is 0.618 e. The van der Waals surface area contributed by atoms with Crippen LogP contribution in [-0.2, 0) is 0 Å². The predicted octanol–water partition coefficient (Wildman–Crippen LogP) is 3.61. The van der Waals surface area contributed by atoms with Gasteiger partial charge in [-0.2, -0.15) is 4.74 Å². The van der Waals surface area contributed by atoms with E-state index in [2.05, 4.69) is 0 Å². The standard InChI is InChI=1S/C14H12ClNO2/c1-18-12-7-8-14(13(15)9-12)16(17)10-11-5-3-2-4-6-11/h2-10H,1H3. The fraction of sp³-hybridized carbons (Fsp3) is 0.0714. The van der Waals surface area contributed by atoms with Gasteiger partial charge in [-0.05, 0) is 18.2 Å². The summed E-state index contributed by atoms with van der Waals surface area (Å²) in [4.78, 5) is 0. The van der Waals surface area contributed by atoms with Crippen molar-refractivity contribution < 1.29 is 9.48 Å². The Kier molecular flexibility index (Phi) is 3.85. The van der Waals surface area contributed by atoms with Crippen molar-refractivity contribution in [2.45, 2.75) is 0 Å². The lowest BCUT2D eigenvalue weighted by atomic mass is 10.2. The maximum Gasteiger partial charge on any atom is 0.235 e. The van der Waals surface area contributed by atoms with Crippen LogP contribution in [0.4, 0.5) is 5.69 Å². The Hall–Kier alpha value is -2.00. The molecular formula is C14H12ClNO2. The summed E-state index contributed by atoms with van der Waals surface area (Å²) in [5.41, 5.74) is 1.21. The van der Waals surface area contributed by atoms with Crippen molar-refractivity contribution in [3.05, 3.63) is 64.3 Å². The molecule has 0 radical (unpaired) electrons. The van der Waals surface area contributed by atoms with E-state index in [9.17, 15) is 5.21 Å². The number of rotatable bonds is 3. The van der Waals surface area contributed by atoms with Crippen LogP contribution < -0.4 is 4.74 Å². The molecule has 0 heterocycles. The predicted molar refractivity (Wildman–Crippen MR) is 72.9 cm³/mol. The minimum atomic E-state index is 0.358. The van der Waals surface area contributed by atoms with Gasteiger partial charge in [0.25, 0.3) is 0 Å². The molecule has 3 nitrogen and oxygen atoms in total. The van der Waals surface area contributed by atoms with E-state index in [0.717, 1.165) is 10.3 Å². The average Bonchev–Trinajstić information content (AvgIpc) is 2.39. The van der Waals surface area contributed by atoms with Crippen LogP contribution in [0, 0.1) is 5.21 Å². The van der Waals surface area contributed by atoms with Gasteiger partial charge in [-0.15, -0.1) is 0 Å². The van der Waals surface area contributed by atoms with E-state index < -0.39 is 0 Å². The highest BCUT2D eigenvalue weighted by Gasteiger charge is 2.09. The van der Waals surface area contributed by atoms with E-state index in [4.69, 9.17) is 16.3 Å². The molecule has 92 valence electrons. The number of halogens is 1. The zero-order valence-corrected chi connectivity index (χ0v) is 10.6. The Morgan fingerprint density at radius 2 is 1.89 bits per heavy atom. The van der Waals surface area contributed by atoms with Crippen LogP contribution in [-0.4, -0.2) is 18.1 Å². The van der Waals surface area contributed by atoms with Crippen molar-refractivity contribution in [1.82, 2.24) is 0 Å². The quantitative estimate of drug-likeness (QED) is 0.366. The van der Waals surface area contributed by atoms with Gasteiger partial charge in [0.15, 0.2) is 6.21 Å². The van der Waals surface area contributed by atoms with Crippen molar-refractivity contribution >= 4 is 23.5 Å². The highest BCUT2D eigenvalue weighted by molar-refractivity contribution is 6.32. The van der Waals surface area contributed by atoms with Crippen molar-refractivity contribution in [3.8, 4) is 5.75 Å². The smallest absolute Gasteiger partial charge is 0.235 e. The molecule has 0 aliphatic heterocycles. The summed E-state index contributed by atoms with van der Waals surface area (Å²) in [6.07, 6.45) is 1.48. The van der Waals surface area contributed by atoms with Crippen LogP contribution in [0.1, 0.15) is 5.56 Å². The van der Waals surface area contributed by atoms with Crippen molar-refractivity contribution in [1.29, 1.82) is 0 Å². The lowest BCUT2D eigenvalue weighted by Crippen LogP contribution is -1.99. The molecule has 2 aromatic carbocycles. The summed E-state index contributed by atoms with van der Waals surface area (Å²) in [6, 6.07) is 14.3. The third kappa shape index (κ3) is 2.81. The number of benzene rings is 2. The van der Waals surface area contributed by atoms with Gasteiger partial charge in [-0.1, -0.05) is 29.8 Å². The summed E-state index contributed by atoms with van der Waals surface area (Å²) in [5.74, 6) is 0.622. The van der Waals surface area contributed by atoms with Crippen LogP contribution in [0.2, 0.25) is 5.02 Å². The van der Waals surface area contributed by atoms with E-state index in [1.807, 2.05) is 30.3 Å². The van der Waals surface area contributed by atoms with E-state index in [0.29, 0.717) is 16.5 Å². The number of methoxy groups -OCH3 is 1. The van der Waals surface area contributed by atoms with Crippen molar-refractivity contribution in [2.75, 3.05) is 7.11 Å². The lowest BCUT2D eigenvalue weighted by Gasteiger charge is -2.06. The molecule has 18 heavy (non-hydrogen) atoms. The number of hydrogen-bond donors (Lipinski definition) is 0. The second-order valence-corrected chi connectivity index (χ2v) is 4.09. The maximum atomic E-state index is 12.0. The Bertz CT molecular complexity index is 567. The monoisotopic (exact) mass is 261 g/mol. The Labute approximate surface area is 110 Å². The maximum absolute atomic E-state index is 12.0. The molecule has 0 bridgehead atoms. The first-order valence-corrected chi connectivity index (χ1v) is 5.78. The first kappa shape index (κ1) is 12.5. The van der Waals surface area contributed by atoms with Gasteiger partial charge in [0.05, 0.1) is 7.11 Å². The lowest BCUT2D eigenvalue weighted by molar-refractivity contribution is -0.354. The minimum Gasteiger partial charge on any atom is -0.618 e. The first-order chi connectivity index (χ1) is 8.70. The number of hydrogen-bond acceptors (Lipinski definition) is 2. The third-order valence-corrected chi connectivity index (χ3v) is 2.76. The van der Waals surface area contributed by atoms with E-state index in [1.165, 1.54) is 6.21 Å². The van der Waals surface area contributed by atoms with Crippen LogP contribution in [0.25, 0.3) is 0 Å². The summed E-state index contributed by atoms with van der Waals surface area (Å²) in [6.45, 7) is 0. The molecule has 0 saturated heterocycles. The molecule has 0 amide bonds. The van der Waals surface area contributed by atoms with Gasteiger partial charge in [-0.3, -0.25) is 0 Å². The highest BCUT2D eigenvalue weighted by atomic mass is 35.5. The van der Waals surface area contributed by atoms with E-state index in [-0.39, 0.29) is 0 Å². The molecular weight excluding hydrogens is 250 g/mol. The SMILES string of the molecule is COc1ccc([N+]([O-])=Cc2ccccc2)c(Cl)c1. The molecule has 0 atom stereocenters. The van der Waals surface area contributed by atoms with Crippen molar-refractivity contribution in [3.63, 3.8) is 0 Å². The molecule has 0 aliphatic rings. The van der Waals surface area contributed by atoms with Crippen molar-refractivity contribution in [2.24, 2.45) is 0 Å². The summed E-state index contributed by atoms with van der Waals surface area (Å²) in [5, 5.41) is 12.3. The minimum absolute atomic E-state index is 0.358. The molecule has 2 aromatic rings. The second-order valence-electron chi connectivity index (χ2n) is 3.68. The molecule has 4 heteroatoms. The van der Waals surface area contributed by atoms with Crippen LogP contribution in [0.5, 0.6) is 5.75 Å². The molecule has 0 unspecified atom stereocenters. The normalized spacial score (nSPS) is 11.3. The van der Waals surface area contributed by atoms with E-state index >= 15 is 0 Å². The van der Waals surface area contributed by atoms with Gasteiger partial charge in [-0.25, -0.2) is 0 Å². The fourth-order valence-corrected chi connectivity index (χ4v) is 1.79. The van der Waals surface area contributed by atoms with Crippen LogP contribution >= 0.6 is 11.6 Å². The average molecular weight is 262 g/mol. The molecule has 0 spiro atoms. The highest BCUT2D eigenvalue weighted by Crippen LogP contribution is 2.28. The molecule has 0 N–H and O–H groups in total. The molecule has 0 aliphatic carbocycles. The molecule has 0 saturated carbocycles. The number of nitrogens with zero attached hydrogens (tertiary/aromatic N) is 1. The second kappa shape index (κ2) is 5.56. The summed E-state index contributed by atoms with van der Waals surface area (Å²) >= 11 is 6.03.